The number of hydrogen-bond donors (Lipinski definition) is 2. The minimum Gasteiger partial charge on any atom is -0.480 e. The van der Waals surface area contributed by atoms with Crippen molar-refractivity contribution in [1.82, 2.24) is 4.72 Å². The average molecular weight is 281 g/mol. The Kier molecular flexibility index (Phi) is 6.85. The van der Waals surface area contributed by atoms with Crippen molar-refractivity contribution in [1.29, 1.82) is 0 Å². The second-order valence-corrected chi connectivity index (χ2v) is 5.64. The Morgan fingerprint density at radius 2 is 1.89 bits per heavy atom. The Morgan fingerprint density at radius 1 is 1.33 bits per heavy atom. The number of ether oxygens (including phenoxy) is 1. The fourth-order valence-corrected chi connectivity index (χ4v) is 2.44. The summed E-state index contributed by atoms with van der Waals surface area (Å²) in [5, 5.41) is 8.93. The molecule has 0 aliphatic carbocycles. The largest absolute Gasteiger partial charge is 0.480 e. The van der Waals surface area contributed by atoms with Crippen LogP contribution in [0.5, 0.6) is 0 Å². The number of nitrogens with one attached hydrogen (secondary N) is 1. The third kappa shape index (κ3) is 5.97. The quantitative estimate of drug-likeness (QED) is 0.604. The summed E-state index contributed by atoms with van der Waals surface area (Å²) in [6.07, 6.45) is 0.499. The van der Waals surface area contributed by atoms with Gasteiger partial charge in [-0.05, 0) is 12.8 Å². The van der Waals surface area contributed by atoms with Crippen LogP contribution in [0.3, 0.4) is 0 Å². The molecular formula is C10H19NO6S. The summed E-state index contributed by atoms with van der Waals surface area (Å²) in [5.41, 5.74) is 0. The van der Waals surface area contributed by atoms with Crippen LogP contribution in [0.4, 0.5) is 0 Å². The minimum absolute atomic E-state index is 0.0715. The number of carboxylic acid groups (broad SMARTS) is 1. The maximum Gasteiger partial charge on any atom is 0.322 e. The SMILES string of the molecule is CCOC(=O)CS(=O)(=O)NC(C(=O)O)C(C)CC. The number of carbonyl (C=O) groups is 2. The van der Waals surface area contributed by atoms with Gasteiger partial charge in [0.25, 0.3) is 0 Å². The van der Waals surface area contributed by atoms with Crippen molar-refractivity contribution in [2.75, 3.05) is 12.4 Å². The van der Waals surface area contributed by atoms with Crippen LogP contribution < -0.4 is 4.72 Å². The topological polar surface area (TPSA) is 110 Å². The van der Waals surface area contributed by atoms with Crippen molar-refractivity contribution in [3.05, 3.63) is 0 Å². The van der Waals surface area contributed by atoms with Gasteiger partial charge in [-0.15, -0.1) is 0 Å². The van der Waals surface area contributed by atoms with Crippen LogP contribution in [-0.2, 0) is 24.3 Å². The van der Waals surface area contributed by atoms with E-state index >= 15 is 0 Å². The van der Waals surface area contributed by atoms with Crippen LogP contribution in [0.1, 0.15) is 27.2 Å². The summed E-state index contributed by atoms with van der Waals surface area (Å²) in [4.78, 5) is 22.0. The maximum atomic E-state index is 11.6. The van der Waals surface area contributed by atoms with Crippen molar-refractivity contribution in [2.45, 2.75) is 33.2 Å². The lowest BCUT2D eigenvalue weighted by Gasteiger charge is -2.19. The summed E-state index contributed by atoms with van der Waals surface area (Å²) >= 11 is 0. The number of sulfonamides is 1. The van der Waals surface area contributed by atoms with Crippen LogP contribution in [0.25, 0.3) is 0 Å². The summed E-state index contributed by atoms with van der Waals surface area (Å²) in [6, 6.07) is -1.24. The molecule has 2 atom stereocenters. The zero-order chi connectivity index (χ0) is 14.3. The fourth-order valence-electron chi connectivity index (χ4n) is 1.24. The molecule has 0 aromatic carbocycles. The Morgan fingerprint density at radius 3 is 2.28 bits per heavy atom. The number of esters is 1. The lowest BCUT2D eigenvalue weighted by Crippen LogP contribution is -2.46. The van der Waals surface area contributed by atoms with E-state index in [1.165, 1.54) is 0 Å². The smallest absolute Gasteiger partial charge is 0.322 e. The summed E-state index contributed by atoms with van der Waals surface area (Å²) in [5.74, 6) is -3.42. The van der Waals surface area contributed by atoms with E-state index in [-0.39, 0.29) is 12.5 Å². The summed E-state index contributed by atoms with van der Waals surface area (Å²) in [7, 11) is -4.01. The highest BCUT2D eigenvalue weighted by atomic mass is 32.2. The lowest BCUT2D eigenvalue weighted by atomic mass is 10.0. The molecule has 7 nitrogen and oxygen atoms in total. The summed E-state index contributed by atoms with van der Waals surface area (Å²) < 4.78 is 29.7. The van der Waals surface area contributed by atoms with Gasteiger partial charge < -0.3 is 9.84 Å². The number of carbonyl (C=O) groups excluding carboxylic acids is 1. The Balaban J connectivity index is 4.72. The van der Waals surface area contributed by atoms with E-state index in [0.29, 0.717) is 6.42 Å². The molecule has 0 saturated carbocycles. The van der Waals surface area contributed by atoms with Crippen LogP contribution in [0, 0.1) is 5.92 Å². The first-order valence-electron chi connectivity index (χ1n) is 5.61. The molecule has 0 fully saturated rings. The molecule has 2 N–H and O–H groups in total. The van der Waals surface area contributed by atoms with Crippen molar-refractivity contribution in [2.24, 2.45) is 5.92 Å². The van der Waals surface area contributed by atoms with Gasteiger partial charge in [0, 0.05) is 0 Å². The van der Waals surface area contributed by atoms with Gasteiger partial charge in [-0.1, -0.05) is 20.3 Å². The molecule has 0 spiro atoms. The number of rotatable bonds is 8. The van der Waals surface area contributed by atoms with Crippen molar-refractivity contribution >= 4 is 22.0 Å². The van der Waals surface area contributed by atoms with Crippen molar-refractivity contribution < 1.29 is 27.9 Å². The molecule has 0 aromatic heterocycles. The van der Waals surface area contributed by atoms with Crippen LogP contribution in [-0.4, -0.2) is 43.9 Å². The predicted molar refractivity (Wildman–Crippen MR) is 64.4 cm³/mol. The van der Waals surface area contributed by atoms with Crippen molar-refractivity contribution in [3.63, 3.8) is 0 Å². The zero-order valence-electron chi connectivity index (χ0n) is 10.7. The van der Waals surface area contributed by atoms with Crippen LogP contribution in [0.15, 0.2) is 0 Å². The normalized spacial score (nSPS) is 14.8. The zero-order valence-corrected chi connectivity index (χ0v) is 11.5. The Hall–Kier alpha value is -1.15. The van der Waals surface area contributed by atoms with Gasteiger partial charge in [-0.2, -0.15) is 0 Å². The second-order valence-electron chi connectivity index (χ2n) is 3.88. The van der Waals surface area contributed by atoms with Gasteiger partial charge >= 0.3 is 11.9 Å². The number of carboxylic acids is 1. The second kappa shape index (κ2) is 7.32. The highest BCUT2D eigenvalue weighted by Crippen LogP contribution is 2.09. The first-order valence-corrected chi connectivity index (χ1v) is 7.27. The molecule has 0 aromatic rings. The molecule has 0 amide bonds. The van der Waals surface area contributed by atoms with Gasteiger partial charge in [0.05, 0.1) is 6.61 Å². The molecule has 8 heteroatoms. The van der Waals surface area contributed by atoms with E-state index in [9.17, 15) is 18.0 Å². The summed E-state index contributed by atoms with van der Waals surface area (Å²) in [6.45, 7) is 4.99. The monoisotopic (exact) mass is 281 g/mol. The molecule has 0 bridgehead atoms. The van der Waals surface area contributed by atoms with Gasteiger partial charge in [0.1, 0.15) is 6.04 Å². The fraction of sp³-hybridized carbons (Fsp3) is 0.800. The van der Waals surface area contributed by atoms with Crippen molar-refractivity contribution in [3.8, 4) is 0 Å². The van der Waals surface area contributed by atoms with E-state index < -0.39 is 33.8 Å². The average Bonchev–Trinajstić information content (AvgIpc) is 2.24. The third-order valence-electron chi connectivity index (χ3n) is 2.40. The first-order chi connectivity index (χ1) is 8.23. The van der Waals surface area contributed by atoms with E-state index in [1.54, 1.807) is 20.8 Å². The Bertz CT molecular complexity index is 391. The molecule has 106 valence electrons. The molecule has 0 heterocycles. The van der Waals surface area contributed by atoms with Gasteiger partial charge in [0.2, 0.25) is 10.0 Å². The number of hydrogen-bond acceptors (Lipinski definition) is 5. The first kappa shape index (κ1) is 16.9. The molecular weight excluding hydrogens is 262 g/mol. The molecule has 18 heavy (non-hydrogen) atoms. The standard InChI is InChI=1S/C10H19NO6S/c1-4-7(3)9(10(13)14)11-18(15,16)6-8(12)17-5-2/h7,9,11H,4-6H2,1-3H3,(H,13,14). The van der Waals surface area contributed by atoms with E-state index in [2.05, 4.69) is 4.74 Å². The molecule has 2 unspecified atom stereocenters. The third-order valence-corrected chi connectivity index (χ3v) is 3.63. The van der Waals surface area contributed by atoms with Gasteiger partial charge in [-0.25, -0.2) is 13.1 Å². The lowest BCUT2D eigenvalue weighted by molar-refractivity contribution is -0.141. The highest BCUT2D eigenvalue weighted by Gasteiger charge is 2.29. The van der Waals surface area contributed by atoms with Crippen LogP contribution >= 0.6 is 0 Å². The Labute approximate surface area is 107 Å². The molecule has 0 radical (unpaired) electrons. The maximum absolute atomic E-state index is 11.6. The molecule has 0 aliphatic rings. The predicted octanol–water partition coefficient (Wildman–Crippen LogP) is -0.0318. The van der Waals surface area contributed by atoms with E-state index in [4.69, 9.17) is 5.11 Å². The minimum atomic E-state index is -4.01. The highest BCUT2D eigenvalue weighted by molar-refractivity contribution is 7.90. The molecule has 0 rings (SSSR count). The van der Waals surface area contributed by atoms with Gasteiger partial charge in [-0.3, -0.25) is 9.59 Å². The molecule has 0 saturated heterocycles. The number of aliphatic carboxylic acids is 1. The van der Waals surface area contributed by atoms with E-state index in [1.807, 2.05) is 4.72 Å². The van der Waals surface area contributed by atoms with Gasteiger partial charge in [0.15, 0.2) is 5.75 Å². The molecule has 0 aliphatic heterocycles. The van der Waals surface area contributed by atoms with Crippen LogP contribution in [0.2, 0.25) is 0 Å². The van der Waals surface area contributed by atoms with E-state index in [0.717, 1.165) is 0 Å².